The lowest BCUT2D eigenvalue weighted by molar-refractivity contribution is -0.160. The van der Waals surface area contributed by atoms with Crippen LogP contribution in [0.25, 0.3) is 0 Å². The minimum Gasteiger partial charge on any atom is -0.481 e. The van der Waals surface area contributed by atoms with E-state index in [-0.39, 0.29) is 36.3 Å². The van der Waals surface area contributed by atoms with Crippen molar-refractivity contribution in [2.75, 3.05) is 5.75 Å². The van der Waals surface area contributed by atoms with Gasteiger partial charge in [0.05, 0.1) is 28.4 Å². The van der Waals surface area contributed by atoms with Gasteiger partial charge in [0.15, 0.2) is 9.84 Å². The van der Waals surface area contributed by atoms with Crippen LogP contribution in [0.2, 0.25) is 10.0 Å². The van der Waals surface area contributed by atoms with Crippen LogP contribution in [-0.2, 0) is 19.4 Å². The zero-order valence-electron chi connectivity index (χ0n) is 22.2. The maximum Gasteiger partial charge on any atom is 0.304 e. The molecule has 206 valence electrons. The van der Waals surface area contributed by atoms with Crippen LogP contribution in [0.5, 0.6) is 0 Å². The van der Waals surface area contributed by atoms with Crippen molar-refractivity contribution in [1.82, 2.24) is 4.90 Å². The number of hydrogen-bond donors (Lipinski definition) is 1. The number of nitrogens with zero attached hydrogens (tertiary/aromatic N) is 1. The zero-order valence-corrected chi connectivity index (χ0v) is 24.5. The summed E-state index contributed by atoms with van der Waals surface area (Å²) in [4.78, 5) is 28.1. The third-order valence-corrected chi connectivity index (χ3v) is 11.1. The number of piperidine rings is 1. The van der Waals surface area contributed by atoms with Crippen molar-refractivity contribution < 1.29 is 23.1 Å². The molecule has 1 amide bonds. The van der Waals surface area contributed by atoms with Crippen LogP contribution < -0.4 is 0 Å². The Labute approximate surface area is 235 Å². The predicted octanol–water partition coefficient (Wildman–Crippen LogP) is 6.52. The first-order chi connectivity index (χ1) is 17.6. The monoisotopic (exact) mass is 579 g/mol. The number of amides is 1. The van der Waals surface area contributed by atoms with Crippen molar-refractivity contribution in [2.45, 2.75) is 76.1 Å². The number of rotatable bonds is 8. The second kappa shape index (κ2) is 10.5. The third-order valence-electron chi connectivity index (χ3n) is 7.98. The average Bonchev–Trinajstić information content (AvgIpc) is 3.64. The summed E-state index contributed by atoms with van der Waals surface area (Å²) < 4.78 is 26.0. The molecule has 1 aliphatic heterocycles. The Morgan fingerprint density at radius 1 is 1.08 bits per heavy atom. The standard InChI is InChI=1S/C29H35Cl2NO5S/c1-28(2,3)38(36,37)17-24(18-8-9-18)32-26(19-10-12-21(30)13-11-19)23(20-6-5-7-22(31)14-20)15-29(4,27(32)35)16-25(33)34/h5-7,10-14,18,23-24,26H,8-9,15-17H2,1-4H3,(H,33,34)/t23-,24?,26+,29-/m1/s1. The lowest BCUT2D eigenvalue weighted by Gasteiger charge is -2.52. The summed E-state index contributed by atoms with van der Waals surface area (Å²) in [6, 6.07) is 13.6. The van der Waals surface area contributed by atoms with Crippen molar-refractivity contribution in [2.24, 2.45) is 11.3 Å². The number of likely N-dealkylation sites (tertiary alicyclic amines) is 1. The van der Waals surface area contributed by atoms with Gasteiger partial charge in [-0.05, 0) is 81.3 Å². The molecule has 1 saturated carbocycles. The maximum atomic E-state index is 14.4. The molecule has 1 heterocycles. The average molecular weight is 581 g/mol. The Bertz CT molecular complexity index is 1320. The van der Waals surface area contributed by atoms with Crippen LogP contribution in [0.3, 0.4) is 0 Å². The molecular formula is C29H35Cl2NO5S. The molecule has 38 heavy (non-hydrogen) atoms. The minimum atomic E-state index is -3.59. The van der Waals surface area contributed by atoms with Crippen molar-refractivity contribution >= 4 is 44.9 Å². The summed E-state index contributed by atoms with van der Waals surface area (Å²) in [5.41, 5.74) is 0.476. The Hall–Kier alpha value is -2.09. The minimum absolute atomic E-state index is 0.0260. The number of carbonyl (C=O) groups excluding carboxylic acids is 1. The molecular weight excluding hydrogens is 545 g/mol. The maximum absolute atomic E-state index is 14.4. The number of aliphatic carboxylic acids is 1. The normalized spacial score (nSPS) is 25.3. The molecule has 2 fully saturated rings. The van der Waals surface area contributed by atoms with Gasteiger partial charge in [-0.15, -0.1) is 0 Å². The first kappa shape index (κ1) is 28.9. The van der Waals surface area contributed by atoms with Crippen LogP contribution in [0, 0.1) is 11.3 Å². The first-order valence-electron chi connectivity index (χ1n) is 12.9. The summed E-state index contributed by atoms with van der Waals surface area (Å²) in [6.45, 7) is 6.70. The van der Waals surface area contributed by atoms with Gasteiger partial charge in [-0.25, -0.2) is 8.42 Å². The largest absolute Gasteiger partial charge is 0.481 e. The molecule has 0 aromatic heterocycles. The van der Waals surface area contributed by atoms with Crippen molar-refractivity contribution in [3.8, 4) is 0 Å². The molecule has 0 bridgehead atoms. The van der Waals surface area contributed by atoms with Crippen LogP contribution in [0.4, 0.5) is 0 Å². The van der Waals surface area contributed by atoms with Crippen molar-refractivity contribution in [3.63, 3.8) is 0 Å². The topological polar surface area (TPSA) is 91.8 Å². The van der Waals surface area contributed by atoms with E-state index in [0.717, 1.165) is 24.0 Å². The molecule has 1 aliphatic carbocycles. The fraction of sp³-hybridized carbons (Fsp3) is 0.517. The van der Waals surface area contributed by atoms with Gasteiger partial charge in [0.2, 0.25) is 5.91 Å². The van der Waals surface area contributed by atoms with Crippen molar-refractivity contribution in [3.05, 3.63) is 69.7 Å². The zero-order chi connectivity index (χ0) is 28.0. The summed E-state index contributed by atoms with van der Waals surface area (Å²) in [5, 5.41) is 10.9. The number of carboxylic acid groups (broad SMARTS) is 1. The highest BCUT2D eigenvalue weighted by molar-refractivity contribution is 7.92. The van der Waals surface area contributed by atoms with Gasteiger partial charge in [-0.1, -0.05) is 54.4 Å². The number of carbonyl (C=O) groups is 2. The number of benzene rings is 2. The van der Waals surface area contributed by atoms with E-state index in [1.54, 1.807) is 50.8 Å². The SMILES string of the molecule is CC(C)(C)S(=O)(=O)CC(C1CC1)N1C(=O)[C@@](C)(CC(=O)O)C[C@H](c2cccc(Cl)c2)[C@@H]1c1ccc(Cl)cc1. The molecule has 9 heteroatoms. The highest BCUT2D eigenvalue weighted by atomic mass is 35.5. The van der Waals surface area contributed by atoms with E-state index in [2.05, 4.69) is 0 Å². The van der Waals surface area contributed by atoms with Crippen LogP contribution in [0.1, 0.15) is 76.5 Å². The van der Waals surface area contributed by atoms with E-state index in [4.69, 9.17) is 23.2 Å². The highest BCUT2D eigenvalue weighted by Gasteiger charge is 2.55. The molecule has 0 spiro atoms. The van der Waals surface area contributed by atoms with Crippen LogP contribution in [0.15, 0.2) is 48.5 Å². The molecule has 0 radical (unpaired) electrons. The molecule has 4 atom stereocenters. The summed E-state index contributed by atoms with van der Waals surface area (Å²) >= 11 is 12.6. The smallest absolute Gasteiger partial charge is 0.304 e. The number of sulfone groups is 1. The van der Waals surface area contributed by atoms with Gasteiger partial charge in [0.1, 0.15) is 0 Å². The molecule has 4 rings (SSSR count). The van der Waals surface area contributed by atoms with Crippen LogP contribution in [-0.4, -0.2) is 46.8 Å². The number of carboxylic acids is 1. The van der Waals surface area contributed by atoms with Crippen LogP contribution >= 0.6 is 23.2 Å². The van der Waals surface area contributed by atoms with E-state index in [9.17, 15) is 23.1 Å². The van der Waals surface area contributed by atoms with E-state index in [1.165, 1.54) is 0 Å². The third kappa shape index (κ3) is 5.90. The van der Waals surface area contributed by atoms with Gasteiger partial charge < -0.3 is 10.0 Å². The Balaban J connectivity index is 1.94. The predicted molar refractivity (Wildman–Crippen MR) is 150 cm³/mol. The summed E-state index contributed by atoms with van der Waals surface area (Å²) in [5.74, 6) is -1.85. The molecule has 2 aromatic carbocycles. The van der Waals surface area contributed by atoms with Gasteiger partial charge in [-0.3, -0.25) is 9.59 Å². The molecule has 1 saturated heterocycles. The fourth-order valence-corrected chi connectivity index (χ4v) is 7.35. The lowest BCUT2D eigenvalue weighted by Crippen LogP contribution is -2.58. The fourth-order valence-electron chi connectivity index (χ4n) is 5.64. The first-order valence-corrected chi connectivity index (χ1v) is 15.3. The second-order valence-electron chi connectivity index (χ2n) is 12.0. The Morgan fingerprint density at radius 2 is 1.71 bits per heavy atom. The van der Waals surface area contributed by atoms with E-state index in [0.29, 0.717) is 10.0 Å². The molecule has 2 aromatic rings. The van der Waals surface area contributed by atoms with Gasteiger partial charge in [0, 0.05) is 22.0 Å². The molecule has 2 aliphatic rings. The Kier molecular flexibility index (Phi) is 7.97. The highest BCUT2D eigenvalue weighted by Crippen LogP contribution is 2.54. The summed E-state index contributed by atoms with van der Waals surface area (Å²) in [6.07, 6.45) is 1.57. The molecule has 6 nitrogen and oxygen atoms in total. The lowest BCUT2D eigenvalue weighted by atomic mass is 9.67. The number of hydrogen-bond acceptors (Lipinski definition) is 4. The van der Waals surface area contributed by atoms with E-state index < -0.39 is 38.1 Å². The quantitative estimate of drug-likeness (QED) is 0.384. The summed E-state index contributed by atoms with van der Waals surface area (Å²) in [7, 11) is -3.59. The van der Waals surface area contributed by atoms with E-state index in [1.807, 2.05) is 30.3 Å². The number of halogens is 2. The Morgan fingerprint density at radius 3 is 2.24 bits per heavy atom. The van der Waals surface area contributed by atoms with Gasteiger partial charge in [0.25, 0.3) is 0 Å². The van der Waals surface area contributed by atoms with E-state index >= 15 is 0 Å². The second-order valence-corrected chi connectivity index (χ2v) is 15.7. The van der Waals surface area contributed by atoms with Gasteiger partial charge in [-0.2, -0.15) is 0 Å². The van der Waals surface area contributed by atoms with Crippen molar-refractivity contribution in [1.29, 1.82) is 0 Å². The van der Waals surface area contributed by atoms with Gasteiger partial charge >= 0.3 is 5.97 Å². The molecule has 1 N–H and O–H groups in total. The molecule has 1 unspecified atom stereocenters.